The molecule has 1 aromatic carbocycles. The summed E-state index contributed by atoms with van der Waals surface area (Å²) in [7, 11) is 0. The Bertz CT molecular complexity index is 574. The second kappa shape index (κ2) is 5.26. The van der Waals surface area contributed by atoms with Crippen LogP contribution in [0.4, 0.5) is 5.13 Å². The van der Waals surface area contributed by atoms with Crippen molar-refractivity contribution in [3.63, 3.8) is 0 Å². The lowest BCUT2D eigenvalue weighted by molar-refractivity contribution is 1.38. The number of nitrogens with zero attached hydrogens (tertiary/aromatic N) is 1. The summed E-state index contributed by atoms with van der Waals surface area (Å²) in [6, 6.07) is 8.01. The smallest absolute Gasteiger partial charge is 0.180 e. The molecule has 0 radical (unpaired) electrons. The van der Waals surface area contributed by atoms with Crippen molar-refractivity contribution >= 4 is 29.1 Å². The van der Waals surface area contributed by atoms with Gasteiger partial charge in [-0.25, -0.2) is 4.98 Å². The van der Waals surface area contributed by atoms with Crippen molar-refractivity contribution in [2.45, 2.75) is 6.92 Å². The van der Waals surface area contributed by atoms with Crippen LogP contribution in [-0.4, -0.2) is 10.7 Å². The van der Waals surface area contributed by atoms with Crippen molar-refractivity contribution in [2.24, 2.45) is 0 Å². The van der Waals surface area contributed by atoms with E-state index in [2.05, 4.69) is 29.5 Å². The Hall–Kier alpha value is -1.44. The van der Waals surface area contributed by atoms with Crippen molar-refractivity contribution < 1.29 is 0 Å². The Labute approximate surface area is 110 Å². The van der Waals surface area contributed by atoms with Gasteiger partial charge in [0, 0.05) is 16.0 Å². The molecule has 2 N–H and O–H groups in total. The van der Waals surface area contributed by atoms with Crippen LogP contribution in [0.25, 0.3) is 11.3 Å². The van der Waals surface area contributed by atoms with E-state index < -0.39 is 0 Å². The van der Waals surface area contributed by atoms with Crippen molar-refractivity contribution in [3.05, 3.63) is 34.7 Å². The molecule has 2 aromatic rings. The molecule has 0 aliphatic heterocycles. The van der Waals surface area contributed by atoms with E-state index in [0.29, 0.717) is 10.9 Å². The standard InChI is InChI=1S/C13H12N2S2/c1-9-12(15-13(14)17-9)11-6-4-10(5-7-11)3-2-8-16/h4-7,16H,8H2,1H3,(H2,14,15). The fraction of sp³-hybridized carbons (Fsp3) is 0.154. The van der Waals surface area contributed by atoms with Crippen LogP contribution in [0.3, 0.4) is 0 Å². The maximum atomic E-state index is 5.69. The van der Waals surface area contributed by atoms with Gasteiger partial charge in [-0.15, -0.1) is 11.3 Å². The van der Waals surface area contributed by atoms with Gasteiger partial charge in [0.15, 0.2) is 5.13 Å². The zero-order chi connectivity index (χ0) is 12.3. The molecule has 2 nitrogen and oxygen atoms in total. The first-order valence-corrected chi connectivity index (χ1v) is 6.58. The zero-order valence-corrected chi connectivity index (χ0v) is 11.1. The van der Waals surface area contributed by atoms with Gasteiger partial charge in [-0.1, -0.05) is 24.0 Å². The molecule has 86 valence electrons. The largest absolute Gasteiger partial charge is 0.375 e. The highest BCUT2D eigenvalue weighted by atomic mass is 32.1. The van der Waals surface area contributed by atoms with Crippen LogP contribution in [0.5, 0.6) is 0 Å². The van der Waals surface area contributed by atoms with Gasteiger partial charge in [0.1, 0.15) is 0 Å². The molecule has 0 aliphatic rings. The summed E-state index contributed by atoms with van der Waals surface area (Å²) in [6.45, 7) is 2.03. The van der Waals surface area contributed by atoms with Gasteiger partial charge >= 0.3 is 0 Å². The second-order valence-corrected chi connectivity index (χ2v) is 5.05. The fourth-order valence-electron chi connectivity index (χ4n) is 1.54. The number of thiazole rings is 1. The molecule has 0 aliphatic carbocycles. The second-order valence-electron chi connectivity index (χ2n) is 3.49. The van der Waals surface area contributed by atoms with Crippen LogP contribution in [0, 0.1) is 18.8 Å². The van der Waals surface area contributed by atoms with Crippen LogP contribution in [-0.2, 0) is 0 Å². The third-order valence-corrected chi connectivity index (χ3v) is 3.24. The molecule has 0 unspecified atom stereocenters. The Morgan fingerprint density at radius 1 is 1.35 bits per heavy atom. The first-order chi connectivity index (χ1) is 8.20. The van der Waals surface area contributed by atoms with Gasteiger partial charge in [0.2, 0.25) is 0 Å². The summed E-state index contributed by atoms with van der Waals surface area (Å²) < 4.78 is 0. The average molecular weight is 260 g/mol. The van der Waals surface area contributed by atoms with Crippen molar-refractivity contribution in [1.29, 1.82) is 0 Å². The van der Waals surface area contributed by atoms with Crippen molar-refractivity contribution in [1.82, 2.24) is 4.98 Å². The highest BCUT2D eigenvalue weighted by molar-refractivity contribution is 7.80. The molecule has 1 aromatic heterocycles. The van der Waals surface area contributed by atoms with Gasteiger partial charge in [-0.3, -0.25) is 0 Å². The molecule has 0 atom stereocenters. The molecule has 0 fully saturated rings. The van der Waals surface area contributed by atoms with E-state index in [1.807, 2.05) is 31.2 Å². The van der Waals surface area contributed by atoms with Crippen LogP contribution < -0.4 is 5.73 Å². The topological polar surface area (TPSA) is 38.9 Å². The molecule has 0 saturated carbocycles. The van der Waals surface area contributed by atoms with E-state index in [4.69, 9.17) is 5.73 Å². The monoisotopic (exact) mass is 260 g/mol. The summed E-state index contributed by atoms with van der Waals surface area (Å²) in [5, 5.41) is 0.608. The Morgan fingerprint density at radius 3 is 2.59 bits per heavy atom. The maximum Gasteiger partial charge on any atom is 0.180 e. The third kappa shape index (κ3) is 2.82. The van der Waals surface area contributed by atoms with Crippen LogP contribution in [0.1, 0.15) is 10.4 Å². The van der Waals surface area contributed by atoms with Gasteiger partial charge < -0.3 is 5.73 Å². The number of aryl methyl sites for hydroxylation is 1. The maximum absolute atomic E-state index is 5.69. The summed E-state index contributed by atoms with van der Waals surface area (Å²) >= 11 is 5.56. The number of nitrogen functional groups attached to an aromatic ring is 1. The molecule has 1 heterocycles. The Balaban J connectivity index is 2.32. The number of rotatable bonds is 1. The first-order valence-electron chi connectivity index (χ1n) is 5.14. The molecular weight excluding hydrogens is 248 g/mol. The number of benzene rings is 1. The van der Waals surface area contributed by atoms with Gasteiger partial charge in [-0.05, 0) is 19.1 Å². The summed E-state index contributed by atoms with van der Waals surface area (Å²) in [5.41, 5.74) is 8.71. The number of thiol groups is 1. The van der Waals surface area contributed by atoms with E-state index >= 15 is 0 Å². The SMILES string of the molecule is Cc1sc(N)nc1-c1ccc(C#CCS)cc1. The van der Waals surface area contributed by atoms with Gasteiger partial charge in [-0.2, -0.15) is 12.6 Å². The Kier molecular flexibility index (Phi) is 3.72. The Morgan fingerprint density at radius 2 is 2.06 bits per heavy atom. The molecule has 0 bridgehead atoms. The van der Waals surface area contributed by atoms with E-state index in [9.17, 15) is 0 Å². The molecule has 0 spiro atoms. The van der Waals surface area contributed by atoms with Crippen LogP contribution in [0.2, 0.25) is 0 Å². The average Bonchev–Trinajstić information content (AvgIpc) is 2.66. The van der Waals surface area contributed by atoms with Gasteiger partial charge in [0.05, 0.1) is 11.4 Å². The molecule has 0 saturated heterocycles. The summed E-state index contributed by atoms with van der Waals surface area (Å²) in [4.78, 5) is 5.46. The minimum atomic E-state index is 0.573. The molecule has 0 amide bonds. The van der Waals surface area contributed by atoms with Gasteiger partial charge in [0.25, 0.3) is 0 Å². The molecule has 4 heteroatoms. The van der Waals surface area contributed by atoms with E-state index in [-0.39, 0.29) is 0 Å². The van der Waals surface area contributed by atoms with Crippen molar-refractivity contribution in [2.75, 3.05) is 11.5 Å². The minimum Gasteiger partial charge on any atom is -0.375 e. The van der Waals surface area contributed by atoms with E-state index in [1.54, 1.807) is 0 Å². The minimum absolute atomic E-state index is 0.573. The van der Waals surface area contributed by atoms with Crippen molar-refractivity contribution in [3.8, 4) is 23.1 Å². The highest BCUT2D eigenvalue weighted by Gasteiger charge is 2.07. The molecular formula is C13H12N2S2. The lowest BCUT2D eigenvalue weighted by Gasteiger charge is -1.98. The number of hydrogen-bond donors (Lipinski definition) is 2. The number of nitrogens with two attached hydrogens (primary N) is 1. The normalized spacial score (nSPS) is 9.76. The first kappa shape index (κ1) is 12.0. The molecule has 2 rings (SSSR count). The summed E-state index contributed by atoms with van der Waals surface area (Å²) in [6.07, 6.45) is 0. The van der Waals surface area contributed by atoms with E-state index in [1.165, 1.54) is 11.3 Å². The fourth-order valence-corrected chi connectivity index (χ4v) is 2.33. The number of aromatic nitrogens is 1. The predicted octanol–water partition coefficient (Wildman–Crippen LogP) is 2.98. The quantitative estimate of drug-likeness (QED) is 0.611. The predicted molar refractivity (Wildman–Crippen MR) is 77.4 cm³/mol. The number of hydrogen-bond acceptors (Lipinski definition) is 4. The molecule has 17 heavy (non-hydrogen) atoms. The zero-order valence-electron chi connectivity index (χ0n) is 9.40. The third-order valence-electron chi connectivity index (χ3n) is 2.28. The summed E-state index contributed by atoms with van der Waals surface area (Å²) in [5.74, 6) is 6.52. The highest BCUT2D eigenvalue weighted by Crippen LogP contribution is 2.28. The lowest BCUT2D eigenvalue weighted by Crippen LogP contribution is -1.84. The van der Waals surface area contributed by atoms with E-state index in [0.717, 1.165) is 21.7 Å². The number of anilines is 1. The lowest BCUT2D eigenvalue weighted by atomic mass is 10.1. The van der Waals surface area contributed by atoms with Crippen LogP contribution >= 0.6 is 24.0 Å². The van der Waals surface area contributed by atoms with Crippen LogP contribution in [0.15, 0.2) is 24.3 Å².